The summed E-state index contributed by atoms with van der Waals surface area (Å²) in [5.74, 6) is 0.656. The molecule has 1 rings (SSSR count). The van der Waals surface area contributed by atoms with Gasteiger partial charge in [-0.15, -0.1) is 0 Å². The van der Waals surface area contributed by atoms with Crippen LogP contribution in [-0.2, 0) is 0 Å². The van der Waals surface area contributed by atoms with Gasteiger partial charge in [-0.25, -0.2) is 0 Å². The molecule has 0 spiro atoms. The molecule has 0 aliphatic rings. The van der Waals surface area contributed by atoms with Crippen molar-refractivity contribution in [2.24, 2.45) is 0 Å². The SMILES string of the molecule is CCCCN(CCCC)CCC(O)c1ccc(OC)c(N)c1. The fourth-order valence-corrected chi connectivity index (χ4v) is 2.53. The number of ether oxygens (including phenoxy) is 1. The third-order valence-corrected chi connectivity index (χ3v) is 4.01. The lowest BCUT2D eigenvalue weighted by Crippen LogP contribution is -2.28. The number of nitrogen functional groups attached to an aromatic ring is 1. The van der Waals surface area contributed by atoms with Crippen LogP contribution in [0.2, 0.25) is 0 Å². The van der Waals surface area contributed by atoms with Gasteiger partial charge in [-0.3, -0.25) is 0 Å². The molecular formula is C18H32N2O2. The average Bonchev–Trinajstić information content (AvgIpc) is 2.53. The molecule has 4 heteroatoms. The molecule has 0 aliphatic heterocycles. The second-order valence-corrected chi connectivity index (χ2v) is 5.85. The van der Waals surface area contributed by atoms with Gasteiger partial charge in [0, 0.05) is 6.54 Å². The van der Waals surface area contributed by atoms with Crippen molar-refractivity contribution in [1.29, 1.82) is 0 Å². The van der Waals surface area contributed by atoms with Crippen LogP contribution < -0.4 is 10.5 Å². The molecule has 1 unspecified atom stereocenters. The molecule has 1 aromatic carbocycles. The molecule has 0 aromatic heterocycles. The van der Waals surface area contributed by atoms with Crippen LogP contribution >= 0.6 is 0 Å². The Morgan fingerprint density at radius 1 is 1.14 bits per heavy atom. The summed E-state index contributed by atoms with van der Waals surface area (Å²) in [5, 5.41) is 10.4. The Labute approximate surface area is 135 Å². The minimum Gasteiger partial charge on any atom is -0.495 e. The van der Waals surface area contributed by atoms with Crippen LogP contribution in [0.1, 0.15) is 57.6 Å². The van der Waals surface area contributed by atoms with E-state index in [0.717, 1.165) is 31.6 Å². The molecule has 126 valence electrons. The Bertz CT molecular complexity index is 416. The van der Waals surface area contributed by atoms with Gasteiger partial charge in [0.2, 0.25) is 0 Å². The minimum absolute atomic E-state index is 0.473. The van der Waals surface area contributed by atoms with E-state index in [1.165, 1.54) is 25.7 Å². The van der Waals surface area contributed by atoms with Gasteiger partial charge in [-0.2, -0.15) is 0 Å². The second-order valence-electron chi connectivity index (χ2n) is 5.85. The number of hydrogen-bond acceptors (Lipinski definition) is 4. The molecule has 4 nitrogen and oxygen atoms in total. The first-order valence-corrected chi connectivity index (χ1v) is 8.46. The van der Waals surface area contributed by atoms with Crippen molar-refractivity contribution in [2.75, 3.05) is 32.5 Å². The van der Waals surface area contributed by atoms with E-state index in [-0.39, 0.29) is 0 Å². The summed E-state index contributed by atoms with van der Waals surface area (Å²) in [6, 6.07) is 5.52. The molecule has 0 aliphatic carbocycles. The number of rotatable bonds is 11. The lowest BCUT2D eigenvalue weighted by molar-refractivity contribution is 0.140. The first kappa shape index (κ1) is 18.8. The Kier molecular flexibility index (Phi) is 8.94. The standard InChI is InChI=1S/C18H32N2O2/c1-4-6-11-20(12-7-5-2)13-10-17(21)15-8-9-18(22-3)16(19)14-15/h8-9,14,17,21H,4-7,10-13,19H2,1-3H3. The topological polar surface area (TPSA) is 58.7 Å². The lowest BCUT2D eigenvalue weighted by Gasteiger charge is -2.23. The highest BCUT2D eigenvalue weighted by Gasteiger charge is 2.12. The zero-order valence-corrected chi connectivity index (χ0v) is 14.3. The van der Waals surface area contributed by atoms with Crippen molar-refractivity contribution in [3.8, 4) is 5.75 Å². The zero-order valence-electron chi connectivity index (χ0n) is 14.3. The number of nitrogens with two attached hydrogens (primary N) is 1. The van der Waals surface area contributed by atoms with Crippen molar-refractivity contribution in [1.82, 2.24) is 4.90 Å². The predicted molar refractivity (Wildman–Crippen MR) is 93.2 cm³/mol. The molecule has 0 radical (unpaired) electrons. The maximum Gasteiger partial charge on any atom is 0.141 e. The van der Waals surface area contributed by atoms with Crippen LogP contribution in [0.25, 0.3) is 0 Å². The van der Waals surface area contributed by atoms with E-state index >= 15 is 0 Å². The number of aliphatic hydroxyl groups excluding tert-OH is 1. The highest BCUT2D eigenvalue weighted by atomic mass is 16.5. The number of unbranched alkanes of at least 4 members (excludes halogenated alkanes) is 2. The normalized spacial score (nSPS) is 12.6. The number of benzene rings is 1. The highest BCUT2D eigenvalue weighted by Crippen LogP contribution is 2.26. The van der Waals surface area contributed by atoms with E-state index < -0.39 is 6.10 Å². The number of aliphatic hydroxyl groups is 1. The molecule has 0 bridgehead atoms. The zero-order chi connectivity index (χ0) is 16.4. The van der Waals surface area contributed by atoms with E-state index in [4.69, 9.17) is 10.5 Å². The molecule has 1 atom stereocenters. The Morgan fingerprint density at radius 3 is 2.27 bits per heavy atom. The monoisotopic (exact) mass is 308 g/mol. The van der Waals surface area contributed by atoms with E-state index in [9.17, 15) is 5.11 Å². The Hall–Kier alpha value is -1.26. The van der Waals surface area contributed by atoms with Gasteiger partial charge in [0.15, 0.2) is 0 Å². The van der Waals surface area contributed by atoms with Gasteiger partial charge < -0.3 is 20.5 Å². The maximum atomic E-state index is 10.4. The first-order valence-electron chi connectivity index (χ1n) is 8.46. The highest BCUT2D eigenvalue weighted by molar-refractivity contribution is 5.54. The summed E-state index contributed by atoms with van der Waals surface area (Å²) < 4.78 is 5.15. The first-order chi connectivity index (χ1) is 10.6. The van der Waals surface area contributed by atoms with Crippen LogP contribution in [0.5, 0.6) is 5.75 Å². The fourth-order valence-electron chi connectivity index (χ4n) is 2.53. The van der Waals surface area contributed by atoms with Gasteiger partial charge in [0.05, 0.1) is 18.9 Å². The molecule has 22 heavy (non-hydrogen) atoms. The molecule has 0 fully saturated rings. The fraction of sp³-hybridized carbons (Fsp3) is 0.667. The van der Waals surface area contributed by atoms with Gasteiger partial charge in [0.1, 0.15) is 5.75 Å². The van der Waals surface area contributed by atoms with E-state index in [1.807, 2.05) is 18.2 Å². The number of anilines is 1. The van der Waals surface area contributed by atoms with Crippen molar-refractivity contribution < 1.29 is 9.84 Å². The summed E-state index contributed by atoms with van der Waals surface area (Å²) >= 11 is 0. The van der Waals surface area contributed by atoms with Crippen LogP contribution in [0.4, 0.5) is 5.69 Å². The van der Waals surface area contributed by atoms with Crippen LogP contribution in [0.3, 0.4) is 0 Å². The van der Waals surface area contributed by atoms with Crippen molar-refractivity contribution in [3.63, 3.8) is 0 Å². The summed E-state index contributed by atoms with van der Waals surface area (Å²) in [6.07, 6.45) is 5.11. The predicted octanol–water partition coefficient (Wildman–Crippen LogP) is 3.60. The van der Waals surface area contributed by atoms with Crippen LogP contribution in [0.15, 0.2) is 18.2 Å². The van der Waals surface area contributed by atoms with Crippen molar-refractivity contribution >= 4 is 5.69 Å². The molecule has 0 heterocycles. The third-order valence-electron chi connectivity index (χ3n) is 4.01. The molecular weight excluding hydrogens is 276 g/mol. The smallest absolute Gasteiger partial charge is 0.141 e. The molecule has 0 amide bonds. The summed E-state index contributed by atoms with van der Waals surface area (Å²) in [6.45, 7) is 7.59. The van der Waals surface area contributed by atoms with E-state index in [2.05, 4.69) is 18.7 Å². The Balaban J connectivity index is 2.54. The van der Waals surface area contributed by atoms with Crippen LogP contribution in [0, 0.1) is 0 Å². The molecule has 0 saturated heterocycles. The summed E-state index contributed by atoms with van der Waals surface area (Å²) in [4.78, 5) is 2.46. The average molecular weight is 308 g/mol. The number of hydrogen-bond donors (Lipinski definition) is 2. The summed E-state index contributed by atoms with van der Waals surface area (Å²) in [5.41, 5.74) is 7.35. The van der Waals surface area contributed by atoms with E-state index in [1.54, 1.807) is 7.11 Å². The van der Waals surface area contributed by atoms with Gasteiger partial charge in [0.25, 0.3) is 0 Å². The lowest BCUT2D eigenvalue weighted by atomic mass is 10.0. The molecule has 3 N–H and O–H groups in total. The maximum absolute atomic E-state index is 10.4. The van der Waals surface area contributed by atoms with E-state index in [0.29, 0.717) is 11.4 Å². The number of methoxy groups -OCH3 is 1. The largest absolute Gasteiger partial charge is 0.495 e. The quantitative estimate of drug-likeness (QED) is 0.613. The third kappa shape index (κ3) is 6.24. The molecule has 1 aromatic rings. The van der Waals surface area contributed by atoms with Crippen LogP contribution in [-0.4, -0.2) is 36.8 Å². The molecule has 0 saturated carbocycles. The van der Waals surface area contributed by atoms with Gasteiger partial charge in [-0.1, -0.05) is 32.8 Å². The van der Waals surface area contributed by atoms with Crippen molar-refractivity contribution in [3.05, 3.63) is 23.8 Å². The summed E-state index contributed by atoms with van der Waals surface area (Å²) in [7, 11) is 1.60. The van der Waals surface area contributed by atoms with Crippen molar-refractivity contribution in [2.45, 2.75) is 52.1 Å². The number of nitrogens with zero attached hydrogens (tertiary/aromatic N) is 1. The second kappa shape index (κ2) is 10.5. The Morgan fingerprint density at radius 2 is 1.77 bits per heavy atom. The minimum atomic E-state index is -0.473. The van der Waals surface area contributed by atoms with Gasteiger partial charge in [-0.05, 0) is 50.0 Å². The van der Waals surface area contributed by atoms with Gasteiger partial charge >= 0.3 is 0 Å².